The molecule has 0 radical (unpaired) electrons. The highest BCUT2D eigenvalue weighted by atomic mass is 32.1. The number of methoxy groups -OCH3 is 1. The Kier molecular flexibility index (Phi) is 3.25. The van der Waals surface area contributed by atoms with Crippen LogP contribution >= 0.6 is 11.3 Å². The summed E-state index contributed by atoms with van der Waals surface area (Å²) in [7, 11) is 1.67. The summed E-state index contributed by atoms with van der Waals surface area (Å²) in [6, 6.07) is 8.62. The zero-order valence-electron chi connectivity index (χ0n) is 10.2. The minimum absolute atomic E-state index is 0.707. The van der Waals surface area contributed by atoms with Crippen LogP contribution in [-0.4, -0.2) is 23.3 Å². The first kappa shape index (κ1) is 11.6. The molecular weight excluding hydrogens is 246 g/mol. The van der Waals surface area contributed by atoms with E-state index in [4.69, 9.17) is 4.74 Å². The number of benzene rings is 1. The van der Waals surface area contributed by atoms with E-state index in [1.165, 1.54) is 12.8 Å². The van der Waals surface area contributed by atoms with E-state index in [1.807, 2.05) is 24.3 Å². The summed E-state index contributed by atoms with van der Waals surface area (Å²) in [5.41, 5.74) is 1.09. The highest BCUT2D eigenvalue weighted by Gasteiger charge is 2.20. The molecule has 18 heavy (non-hydrogen) atoms. The monoisotopic (exact) mass is 261 g/mol. The molecule has 0 spiro atoms. The summed E-state index contributed by atoms with van der Waals surface area (Å²) < 4.78 is 5.14. The van der Waals surface area contributed by atoms with Crippen molar-refractivity contribution in [1.29, 1.82) is 0 Å². The Morgan fingerprint density at radius 1 is 1.28 bits per heavy atom. The fraction of sp³-hybridized carbons (Fsp3) is 0.385. The van der Waals surface area contributed by atoms with Gasteiger partial charge in [-0.2, -0.15) is 0 Å². The topological polar surface area (TPSA) is 47.0 Å². The van der Waals surface area contributed by atoms with Crippen LogP contribution in [0.15, 0.2) is 24.3 Å². The summed E-state index contributed by atoms with van der Waals surface area (Å²) in [5, 5.41) is 13.9. The van der Waals surface area contributed by atoms with Crippen molar-refractivity contribution in [3.8, 4) is 16.3 Å². The second kappa shape index (κ2) is 5.04. The van der Waals surface area contributed by atoms with Crippen molar-refractivity contribution in [2.24, 2.45) is 0 Å². The molecular formula is C13H15N3OS. The second-order valence-electron chi connectivity index (χ2n) is 4.38. The molecule has 0 bridgehead atoms. The summed E-state index contributed by atoms with van der Waals surface area (Å²) in [4.78, 5) is 0. The molecule has 1 aromatic heterocycles. The summed E-state index contributed by atoms with van der Waals surface area (Å²) in [6.45, 7) is 0.832. The number of hydrogen-bond donors (Lipinski definition) is 1. The first-order valence-corrected chi connectivity index (χ1v) is 6.87. The van der Waals surface area contributed by atoms with Gasteiger partial charge in [-0.25, -0.2) is 0 Å². The van der Waals surface area contributed by atoms with E-state index in [1.54, 1.807) is 18.4 Å². The Morgan fingerprint density at radius 3 is 2.72 bits per heavy atom. The van der Waals surface area contributed by atoms with Crippen LogP contribution in [-0.2, 0) is 6.54 Å². The Labute approximate surface area is 110 Å². The van der Waals surface area contributed by atoms with Gasteiger partial charge < -0.3 is 10.1 Å². The first-order chi connectivity index (χ1) is 8.85. The molecule has 5 heteroatoms. The van der Waals surface area contributed by atoms with Gasteiger partial charge in [0.1, 0.15) is 15.8 Å². The predicted molar refractivity (Wildman–Crippen MR) is 71.8 cm³/mol. The van der Waals surface area contributed by atoms with Gasteiger partial charge >= 0.3 is 0 Å². The Bertz CT molecular complexity index is 519. The lowest BCUT2D eigenvalue weighted by Crippen LogP contribution is -2.14. The van der Waals surface area contributed by atoms with Crippen LogP contribution in [0.4, 0.5) is 0 Å². The molecule has 2 aromatic rings. The summed E-state index contributed by atoms with van der Waals surface area (Å²) in [6.07, 6.45) is 2.59. The molecule has 1 aromatic carbocycles. The fourth-order valence-corrected chi connectivity index (χ4v) is 2.49. The molecule has 94 valence electrons. The number of ether oxygens (including phenoxy) is 1. The van der Waals surface area contributed by atoms with E-state index >= 15 is 0 Å². The van der Waals surface area contributed by atoms with Crippen LogP contribution in [0.25, 0.3) is 10.6 Å². The van der Waals surface area contributed by atoms with Crippen molar-refractivity contribution in [3.63, 3.8) is 0 Å². The van der Waals surface area contributed by atoms with Gasteiger partial charge in [0.25, 0.3) is 0 Å². The van der Waals surface area contributed by atoms with E-state index in [0.29, 0.717) is 6.04 Å². The van der Waals surface area contributed by atoms with Crippen molar-refractivity contribution in [2.45, 2.75) is 25.4 Å². The first-order valence-electron chi connectivity index (χ1n) is 6.05. The van der Waals surface area contributed by atoms with Crippen LogP contribution in [0, 0.1) is 0 Å². The second-order valence-corrected chi connectivity index (χ2v) is 5.45. The third-order valence-corrected chi connectivity index (χ3v) is 3.90. The highest BCUT2D eigenvalue weighted by molar-refractivity contribution is 7.14. The smallest absolute Gasteiger partial charge is 0.147 e. The number of rotatable bonds is 5. The molecule has 0 amide bonds. The van der Waals surface area contributed by atoms with Gasteiger partial charge in [0, 0.05) is 18.2 Å². The zero-order chi connectivity index (χ0) is 12.4. The van der Waals surface area contributed by atoms with E-state index in [0.717, 1.165) is 27.9 Å². The molecule has 0 saturated heterocycles. The van der Waals surface area contributed by atoms with Crippen LogP contribution in [0.2, 0.25) is 0 Å². The maximum atomic E-state index is 5.14. The minimum atomic E-state index is 0.707. The Hall–Kier alpha value is -1.46. The third kappa shape index (κ3) is 2.68. The molecule has 1 fully saturated rings. The molecule has 1 saturated carbocycles. The lowest BCUT2D eigenvalue weighted by Gasteiger charge is -1.99. The van der Waals surface area contributed by atoms with Crippen molar-refractivity contribution >= 4 is 11.3 Å². The van der Waals surface area contributed by atoms with Gasteiger partial charge in [-0.3, -0.25) is 0 Å². The summed E-state index contributed by atoms with van der Waals surface area (Å²) in [5.74, 6) is 0.860. The Balaban J connectivity index is 1.70. The number of hydrogen-bond acceptors (Lipinski definition) is 5. The van der Waals surface area contributed by atoms with Gasteiger partial charge in [0.2, 0.25) is 0 Å². The van der Waals surface area contributed by atoms with Crippen molar-refractivity contribution in [3.05, 3.63) is 29.3 Å². The lowest BCUT2D eigenvalue weighted by molar-refractivity contribution is 0.415. The van der Waals surface area contributed by atoms with E-state index in [-0.39, 0.29) is 0 Å². The molecule has 1 aliphatic carbocycles. The van der Waals surface area contributed by atoms with Crippen molar-refractivity contribution < 1.29 is 4.74 Å². The molecule has 4 nitrogen and oxygen atoms in total. The largest absolute Gasteiger partial charge is 0.497 e. The Morgan fingerprint density at radius 2 is 2.06 bits per heavy atom. The number of nitrogens with zero attached hydrogens (tertiary/aromatic N) is 2. The standard InChI is InChI=1S/C13H15N3OS/c1-17-11-6-2-9(3-7-11)13-16-15-12(18-13)8-14-10-4-5-10/h2-3,6-7,10,14H,4-5,8H2,1H3. The van der Waals surface area contributed by atoms with Gasteiger partial charge in [-0.1, -0.05) is 11.3 Å². The van der Waals surface area contributed by atoms with Crippen molar-refractivity contribution in [1.82, 2.24) is 15.5 Å². The van der Waals surface area contributed by atoms with Crippen LogP contribution in [0.3, 0.4) is 0 Å². The van der Waals surface area contributed by atoms with E-state index in [9.17, 15) is 0 Å². The van der Waals surface area contributed by atoms with Crippen LogP contribution < -0.4 is 10.1 Å². The maximum absolute atomic E-state index is 5.14. The number of nitrogens with one attached hydrogen (secondary N) is 1. The highest BCUT2D eigenvalue weighted by Crippen LogP contribution is 2.26. The van der Waals surface area contributed by atoms with E-state index in [2.05, 4.69) is 15.5 Å². The molecule has 1 aliphatic rings. The summed E-state index contributed by atoms with van der Waals surface area (Å²) >= 11 is 1.64. The average Bonchev–Trinajstić information content (AvgIpc) is 3.14. The molecule has 0 atom stereocenters. The SMILES string of the molecule is COc1ccc(-c2nnc(CNC3CC3)s2)cc1. The average molecular weight is 261 g/mol. The maximum Gasteiger partial charge on any atom is 0.147 e. The molecule has 1 heterocycles. The van der Waals surface area contributed by atoms with Crippen LogP contribution in [0.5, 0.6) is 5.75 Å². The van der Waals surface area contributed by atoms with Crippen molar-refractivity contribution in [2.75, 3.05) is 7.11 Å². The quantitative estimate of drug-likeness (QED) is 0.898. The molecule has 0 aliphatic heterocycles. The fourth-order valence-electron chi connectivity index (χ4n) is 1.69. The minimum Gasteiger partial charge on any atom is -0.497 e. The molecule has 0 unspecified atom stereocenters. The van der Waals surface area contributed by atoms with Gasteiger partial charge in [-0.05, 0) is 37.1 Å². The molecule has 3 rings (SSSR count). The lowest BCUT2D eigenvalue weighted by atomic mass is 10.2. The normalized spacial score (nSPS) is 14.7. The third-order valence-electron chi connectivity index (χ3n) is 2.92. The molecule has 1 N–H and O–H groups in total. The van der Waals surface area contributed by atoms with Gasteiger partial charge in [-0.15, -0.1) is 10.2 Å². The van der Waals surface area contributed by atoms with Crippen LogP contribution in [0.1, 0.15) is 17.8 Å². The number of aromatic nitrogens is 2. The van der Waals surface area contributed by atoms with Gasteiger partial charge in [0.15, 0.2) is 0 Å². The van der Waals surface area contributed by atoms with Gasteiger partial charge in [0.05, 0.1) is 7.11 Å². The van der Waals surface area contributed by atoms with E-state index < -0.39 is 0 Å². The zero-order valence-corrected chi connectivity index (χ0v) is 11.0. The predicted octanol–water partition coefficient (Wildman–Crippen LogP) is 2.47.